The van der Waals surface area contributed by atoms with Gasteiger partial charge in [0.25, 0.3) is 0 Å². The summed E-state index contributed by atoms with van der Waals surface area (Å²) in [5.74, 6) is 1.73. The van der Waals surface area contributed by atoms with Gasteiger partial charge in [0.05, 0.1) is 11.4 Å². The van der Waals surface area contributed by atoms with Gasteiger partial charge in [-0.25, -0.2) is 9.98 Å². The largest absolute Gasteiger partial charge is 0.278 e. The van der Waals surface area contributed by atoms with Crippen LogP contribution in [0.15, 0.2) is 241 Å². The number of rotatable bonds is 6. The van der Waals surface area contributed by atoms with Gasteiger partial charge in [-0.2, -0.15) is 0 Å². The van der Waals surface area contributed by atoms with Gasteiger partial charge in [0.15, 0.2) is 0 Å². The third-order valence-electron chi connectivity index (χ3n) is 11.0. The fraction of sp³-hybridized carbons (Fsp3) is 0.0385. The topological polar surface area (TPSA) is 55.3 Å². The molecule has 1 spiro atoms. The summed E-state index contributed by atoms with van der Waals surface area (Å²) in [6.07, 6.45) is 0. The second kappa shape index (κ2) is 14.8. The minimum Gasteiger partial charge on any atom is -0.278 e. The SMILES string of the molecule is c1ccc(C2=NC(c3ccccc3)(c3ccccc3)N(c3ccccc3)N2)cc1.c1ccc(C2=NC3(c4ccccc4-c4ccccc43)N(c3ccccc3)N2)cc1. The molecule has 3 aliphatic rings. The molecule has 0 amide bonds. The van der Waals surface area contributed by atoms with Gasteiger partial charge in [0, 0.05) is 33.4 Å². The highest BCUT2D eigenvalue weighted by Gasteiger charge is 2.52. The number of hydrogen-bond acceptors (Lipinski definition) is 6. The van der Waals surface area contributed by atoms with Crippen molar-refractivity contribution in [2.45, 2.75) is 11.3 Å². The van der Waals surface area contributed by atoms with E-state index in [2.05, 4.69) is 191 Å². The molecule has 6 heteroatoms. The van der Waals surface area contributed by atoms with Crippen molar-refractivity contribution in [3.05, 3.63) is 264 Å². The molecule has 2 N–H and O–H groups in total. The molecule has 58 heavy (non-hydrogen) atoms. The first kappa shape index (κ1) is 34.8. The van der Waals surface area contributed by atoms with Crippen LogP contribution in [0.25, 0.3) is 11.1 Å². The first-order valence-electron chi connectivity index (χ1n) is 19.6. The Bertz CT molecular complexity index is 2530. The van der Waals surface area contributed by atoms with Crippen LogP contribution in [0.4, 0.5) is 11.4 Å². The number of nitrogens with one attached hydrogen (secondary N) is 2. The number of benzene rings is 8. The minimum absolute atomic E-state index is 0.639. The molecule has 0 fully saturated rings. The first-order valence-corrected chi connectivity index (χ1v) is 19.6. The third-order valence-corrected chi connectivity index (χ3v) is 11.0. The summed E-state index contributed by atoms with van der Waals surface area (Å²) >= 11 is 0. The standard InChI is InChI=1S/C26H19N3.C26H21N3/c1-3-11-19(12-4-1)25-27-26(29(28-25)20-13-5-2-6-14-20)23-17-9-7-15-21(23)22-16-8-10-18-24(22)26;1-5-13-21(14-6-1)25-27-26(22-15-7-2-8-16-22,23-17-9-3-10-18-23)29(28-25)24-19-11-4-12-20-24/h1-18H,(H,27,28);1-20H,(H,27,28). The monoisotopic (exact) mass is 748 g/mol. The lowest BCUT2D eigenvalue weighted by molar-refractivity contribution is 0.515. The third kappa shape index (κ3) is 5.82. The average molecular weight is 749 g/mol. The molecule has 0 atom stereocenters. The molecule has 278 valence electrons. The lowest BCUT2D eigenvalue weighted by Crippen LogP contribution is -2.49. The van der Waals surface area contributed by atoms with Crippen molar-refractivity contribution in [1.82, 2.24) is 10.9 Å². The van der Waals surface area contributed by atoms with Crippen LogP contribution in [-0.4, -0.2) is 11.7 Å². The summed E-state index contributed by atoms with van der Waals surface area (Å²) in [4.78, 5) is 10.7. The highest BCUT2D eigenvalue weighted by Crippen LogP contribution is 2.54. The molecule has 6 nitrogen and oxygen atoms in total. The van der Waals surface area contributed by atoms with Crippen LogP contribution in [0.2, 0.25) is 0 Å². The summed E-state index contributed by atoms with van der Waals surface area (Å²) in [6.45, 7) is 0. The fourth-order valence-corrected chi connectivity index (χ4v) is 8.40. The van der Waals surface area contributed by atoms with E-state index in [4.69, 9.17) is 9.98 Å². The first-order chi connectivity index (χ1) is 28.8. The van der Waals surface area contributed by atoms with Gasteiger partial charge in [-0.1, -0.05) is 206 Å². The second-order valence-corrected chi connectivity index (χ2v) is 14.4. The number of nitrogens with zero attached hydrogens (tertiary/aromatic N) is 4. The summed E-state index contributed by atoms with van der Waals surface area (Å²) in [7, 11) is 0. The summed E-state index contributed by atoms with van der Waals surface area (Å²) < 4.78 is 0. The van der Waals surface area contributed by atoms with E-state index in [-0.39, 0.29) is 0 Å². The van der Waals surface area contributed by atoms with E-state index in [1.807, 2.05) is 60.7 Å². The molecule has 0 saturated heterocycles. The molecule has 11 rings (SSSR count). The van der Waals surface area contributed by atoms with Gasteiger partial charge >= 0.3 is 0 Å². The van der Waals surface area contributed by atoms with Crippen molar-refractivity contribution in [2.24, 2.45) is 9.98 Å². The maximum absolute atomic E-state index is 5.36. The van der Waals surface area contributed by atoms with Crippen molar-refractivity contribution in [3.8, 4) is 11.1 Å². The van der Waals surface area contributed by atoms with Gasteiger partial charge in [0.1, 0.15) is 11.7 Å². The Morgan fingerprint density at radius 1 is 0.310 bits per heavy atom. The predicted octanol–water partition coefficient (Wildman–Crippen LogP) is 10.7. The van der Waals surface area contributed by atoms with E-state index in [1.165, 1.54) is 22.3 Å². The highest BCUT2D eigenvalue weighted by atomic mass is 15.6. The number of aliphatic imine (C=N–C) groups is 2. The number of hydrazine groups is 2. The van der Waals surface area contributed by atoms with Gasteiger partial charge in [-0.05, 0) is 35.4 Å². The van der Waals surface area contributed by atoms with Gasteiger partial charge in [-0.3, -0.25) is 20.9 Å². The molecule has 8 aromatic carbocycles. The minimum atomic E-state index is -0.713. The smallest absolute Gasteiger partial charge is 0.205 e. The Balaban J connectivity index is 0.000000141. The van der Waals surface area contributed by atoms with Gasteiger partial charge < -0.3 is 0 Å². The van der Waals surface area contributed by atoms with E-state index in [1.54, 1.807) is 0 Å². The number of amidine groups is 2. The molecule has 0 unspecified atom stereocenters. The van der Waals surface area contributed by atoms with Crippen LogP contribution < -0.4 is 20.9 Å². The summed E-state index contributed by atoms with van der Waals surface area (Å²) in [6, 6.07) is 79.5. The van der Waals surface area contributed by atoms with Crippen molar-refractivity contribution < 1.29 is 0 Å². The molecule has 2 aliphatic heterocycles. The lowest BCUT2D eigenvalue weighted by atomic mass is 9.90. The van der Waals surface area contributed by atoms with E-state index >= 15 is 0 Å². The quantitative estimate of drug-likeness (QED) is 0.178. The Kier molecular flexibility index (Phi) is 8.84. The van der Waals surface area contributed by atoms with Crippen molar-refractivity contribution in [1.29, 1.82) is 0 Å². The zero-order chi connectivity index (χ0) is 38.8. The number of hydrogen-bond donors (Lipinski definition) is 2. The number of para-hydroxylation sites is 2. The predicted molar refractivity (Wildman–Crippen MR) is 236 cm³/mol. The zero-order valence-electron chi connectivity index (χ0n) is 31.7. The molecule has 0 radical (unpaired) electrons. The average Bonchev–Trinajstić information content (AvgIpc) is 4.01. The lowest BCUT2D eigenvalue weighted by Gasteiger charge is -2.38. The molecule has 8 aromatic rings. The molecular weight excluding hydrogens is 709 g/mol. The molecule has 0 saturated carbocycles. The van der Waals surface area contributed by atoms with E-state index < -0.39 is 11.3 Å². The van der Waals surface area contributed by atoms with Crippen LogP contribution in [0.3, 0.4) is 0 Å². The number of anilines is 2. The van der Waals surface area contributed by atoms with Crippen molar-refractivity contribution >= 4 is 23.0 Å². The van der Waals surface area contributed by atoms with Gasteiger partial charge in [-0.15, -0.1) is 0 Å². The second-order valence-electron chi connectivity index (χ2n) is 14.4. The maximum Gasteiger partial charge on any atom is 0.205 e. The molecule has 0 aromatic heterocycles. The summed E-state index contributed by atoms with van der Waals surface area (Å²) in [5.41, 5.74) is 17.2. The Morgan fingerprint density at radius 2 is 0.621 bits per heavy atom. The van der Waals surface area contributed by atoms with Crippen LogP contribution >= 0.6 is 0 Å². The molecule has 1 aliphatic carbocycles. The maximum atomic E-state index is 5.36. The highest BCUT2D eigenvalue weighted by molar-refractivity contribution is 6.04. The van der Waals surface area contributed by atoms with Gasteiger partial charge in [0.2, 0.25) is 11.3 Å². The van der Waals surface area contributed by atoms with E-state index in [9.17, 15) is 0 Å². The van der Waals surface area contributed by atoms with E-state index in [0.717, 1.165) is 45.3 Å². The normalized spacial score (nSPS) is 15.2. The zero-order valence-corrected chi connectivity index (χ0v) is 31.7. The molecule has 2 heterocycles. The fourth-order valence-electron chi connectivity index (χ4n) is 8.40. The Labute approximate surface area is 339 Å². The Hall–Kier alpha value is -7.70. The number of fused-ring (bicyclic) bond motifs is 5. The summed E-state index contributed by atoms with van der Waals surface area (Å²) in [5, 5.41) is 4.38. The van der Waals surface area contributed by atoms with Crippen molar-refractivity contribution in [2.75, 3.05) is 10.0 Å². The Morgan fingerprint density at radius 3 is 1.03 bits per heavy atom. The molecule has 0 bridgehead atoms. The van der Waals surface area contributed by atoms with Crippen LogP contribution in [0, 0.1) is 0 Å². The van der Waals surface area contributed by atoms with Crippen molar-refractivity contribution in [3.63, 3.8) is 0 Å². The van der Waals surface area contributed by atoms with Crippen LogP contribution in [0.1, 0.15) is 33.4 Å². The van der Waals surface area contributed by atoms with E-state index in [0.29, 0.717) is 0 Å². The van der Waals surface area contributed by atoms with Crippen LogP contribution in [0.5, 0.6) is 0 Å². The van der Waals surface area contributed by atoms with Crippen LogP contribution in [-0.2, 0) is 11.3 Å². The molecular formula is C52H40N6.